The smallest absolute Gasteiger partial charge is 0.153 e. The molecule has 7 heteroatoms. The molecule has 1 aliphatic rings. The second-order valence-corrected chi connectivity index (χ2v) is 7.64. The zero-order chi connectivity index (χ0) is 15.0. The molecule has 0 radical (unpaired) electrons. The number of imidazole rings is 1. The molecule has 1 fully saturated rings. The number of ether oxygens (including phenoxy) is 1. The minimum absolute atomic E-state index is 0.0684. The molecule has 1 aliphatic heterocycles. The van der Waals surface area contributed by atoms with Crippen molar-refractivity contribution >= 4 is 20.9 Å². The quantitative estimate of drug-likeness (QED) is 0.894. The van der Waals surface area contributed by atoms with Gasteiger partial charge in [0.1, 0.15) is 11.6 Å². The number of hydrogen-bond acceptors (Lipinski definition) is 5. The minimum Gasteiger partial charge on any atom is -0.497 e. The van der Waals surface area contributed by atoms with E-state index >= 15 is 0 Å². The van der Waals surface area contributed by atoms with Gasteiger partial charge in [0.2, 0.25) is 0 Å². The van der Waals surface area contributed by atoms with Crippen LogP contribution in [0.15, 0.2) is 18.2 Å². The summed E-state index contributed by atoms with van der Waals surface area (Å²) in [6.07, 6.45) is 0.604. The van der Waals surface area contributed by atoms with E-state index in [1.807, 2.05) is 29.8 Å². The van der Waals surface area contributed by atoms with Crippen LogP contribution >= 0.6 is 0 Å². The molecule has 1 unspecified atom stereocenters. The number of sulfone groups is 1. The maximum Gasteiger partial charge on any atom is 0.153 e. The highest BCUT2D eigenvalue weighted by molar-refractivity contribution is 7.91. The third kappa shape index (κ3) is 2.89. The van der Waals surface area contributed by atoms with E-state index < -0.39 is 9.84 Å². The maximum atomic E-state index is 11.7. The van der Waals surface area contributed by atoms with Crippen LogP contribution in [0.3, 0.4) is 0 Å². The van der Waals surface area contributed by atoms with Gasteiger partial charge in [-0.2, -0.15) is 0 Å². The van der Waals surface area contributed by atoms with E-state index in [4.69, 9.17) is 4.74 Å². The summed E-state index contributed by atoms with van der Waals surface area (Å²) in [7, 11) is 0.655. The van der Waals surface area contributed by atoms with Crippen LogP contribution in [0, 0.1) is 0 Å². The predicted molar refractivity (Wildman–Crippen MR) is 81.4 cm³/mol. The van der Waals surface area contributed by atoms with Gasteiger partial charge >= 0.3 is 0 Å². The second kappa shape index (κ2) is 5.31. The first-order valence-corrected chi connectivity index (χ1v) is 8.74. The Morgan fingerprint density at radius 1 is 1.48 bits per heavy atom. The van der Waals surface area contributed by atoms with Crippen LogP contribution in [0.2, 0.25) is 0 Å². The summed E-state index contributed by atoms with van der Waals surface area (Å²) < 4.78 is 30.6. The molecule has 3 rings (SSSR count). The third-order valence-electron chi connectivity index (χ3n) is 3.91. The number of nitrogens with one attached hydrogen (secondary N) is 1. The van der Waals surface area contributed by atoms with Gasteiger partial charge < -0.3 is 14.6 Å². The van der Waals surface area contributed by atoms with Gasteiger partial charge in [-0.05, 0) is 12.1 Å². The molecule has 0 aliphatic carbocycles. The molecule has 0 saturated carbocycles. The number of nitrogens with zero attached hydrogens (tertiary/aromatic N) is 2. The monoisotopic (exact) mass is 309 g/mol. The number of benzene rings is 1. The lowest BCUT2D eigenvalue weighted by Gasteiger charge is -2.23. The van der Waals surface area contributed by atoms with Crippen molar-refractivity contribution in [2.45, 2.75) is 12.5 Å². The maximum absolute atomic E-state index is 11.7. The molecule has 6 nitrogen and oxygen atoms in total. The van der Waals surface area contributed by atoms with Crippen LogP contribution in [0.4, 0.5) is 0 Å². The summed E-state index contributed by atoms with van der Waals surface area (Å²) >= 11 is 0. The van der Waals surface area contributed by atoms with Crippen LogP contribution in [0.1, 0.15) is 5.82 Å². The molecule has 0 bridgehead atoms. The normalized spacial score (nSPS) is 21.5. The Kier molecular flexibility index (Phi) is 3.62. The zero-order valence-corrected chi connectivity index (χ0v) is 13.0. The summed E-state index contributed by atoms with van der Waals surface area (Å²) in [5.41, 5.74) is 1.88. The summed E-state index contributed by atoms with van der Waals surface area (Å²) in [4.78, 5) is 4.61. The molecule has 2 aromatic rings. The average Bonchev–Trinajstić information content (AvgIpc) is 2.74. The first-order chi connectivity index (χ1) is 9.98. The highest BCUT2D eigenvalue weighted by atomic mass is 32.2. The Hall–Kier alpha value is -1.60. The Balaban J connectivity index is 1.88. The molecule has 1 atom stereocenters. The van der Waals surface area contributed by atoms with Gasteiger partial charge in [-0.1, -0.05) is 0 Å². The van der Waals surface area contributed by atoms with E-state index in [9.17, 15) is 8.42 Å². The Bertz CT molecular complexity index is 767. The second-order valence-electron chi connectivity index (χ2n) is 5.41. The van der Waals surface area contributed by atoms with Crippen molar-refractivity contribution in [2.24, 2.45) is 7.05 Å². The van der Waals surface area contributed by atoms with Crippen molar-refractivity contribution in [3.05, 3.63) is 24.0 Å². The van der Waals surface area contributed by atoms with Crippen LogP contribution in [-0.2, 0) is 23.3 Å². The van der Waals surface area contributed by atoms with Crippen molar-refractivity contribution in [1.29, 1.82) is 0 Å². The molecule has 1 aromatic heterocycles. The zero-order valence-electron chi connectivity index (χ0n) is 12.2. The number of aromatic nitrogens is 2. The predicted octanol–water partition coefficient (Wildman–Crippen LogP) is 0.511. The summed E-state index contributed by atoms with van der Waals surface area (Å²) in [6, 6.07) is 5.69. The van der Waals surface area contributed by atoms with E-state index in [2.05, 4.69) is 10.3 Å². The summed E-state index contributed by atoms with van der Waals surface area (Å²) in [5.74, 6) is 2.06. The van der Waals surface area contributed by atoms with Gasteiger partial charge in [-0.15, -0.1) is 0 Å². The number of methoxy groups -OCH3 is 1. The number of rotatable bonds is 3. The van der Waals surface area contributed by atoms with Gasteiger partial charge in [0, 0.05) is 32.1 Å². The highest BCUT2D eigenvalue weighted by Crippen LogP contribution is 2.21. The summed E-state index contributed by atoms with van der Waals surface area (Å²) in [6.45, 7) is 0.519. The van der Waals surface area contributed by atoms with E-state index in [-0.39, 0.29) is 17.5 Å². The van der Waals surface area contributed by atoms with Gasteiger partial charge in [0.25, 0.3) is 0 Å². The molecule has 21 heavy (non-hydrogen) atoms. The Morgan fingerprint density at radius 3 is 3.00 bits per heavy atom. The van der Waals surface area contributed by atoms with E-state index in [0.717, 1.165) is 22.6 Å². The highest BCUT2D eigenvalue weighted by Gasteiger charge is 2.25. The largest absolute Gasteiger partial charge is 0.497 e. The fourth-order valence-corrected chi connectivity index (χ4v) is 4.20. The van der Waals surface area contributed by atoms with Crippen molar-refractivity contribution < 1.29 is 13.2 Å². The molecule has 0 spiro atoms. The molecule has 2 heterocycles. The van der Waals surface area contributed by atoms with Crippen LogP contribution in [0.5, 0.6) is 5.75 Å². The SMILES string of the molecule is COc1ccc2c(c1)nc(CC1CS(=O)(=O)CCN1)n2C. The average molecular weight is 309 g/mol. The van der Waals surface area contributed by atoms with Crippen LogP contribution < -0.4 is 10.1 Å². The van der Waals surface area contributed by atoms with E-state index in [0.29, 0.717) is 13.0 Å². The molecular formula is C14H19N3O3S. The molecule has 1 aromatic carbocycles. The third-order valence-corrected chi connectivity index (χ3v) is 5.65. The Labute approximate surface area is 124 Å². The van der Waals surface area contributed by atoms with Crippen molar-refractivity contribution in [2.75, 3.05) is 25.2 Å². The standard InChI is InChI=1S/C14H19N3O3S/c1-17-13-4-3-11(20-2)8-12(13)16-14(17)7-10-9-21(18,19)6-5-15-10/h3-4,8,10,15H,5-7,9H2,1-2H3. The van der Waals surface area contributed by atoms with Crippen molar-refractivity contribution in [3.8, 4) is 5.75 Å². The van der Waals surface area contributed by atoms with E-state index in [1.165, 1.54) is 0 Å². The van der Waals surface area contributed by atoms with Crippen LogP contribution in [-0.4, -0.2) is 49.2 Å². The van der Waals surface area contributed by atoms with Gasteiger partial charge in [-0.25, -0.2) is 13.4 Å². The minimum atomic E-state index is -2.93. The number of fused-ring (bicyclic) bond motifs is 1. The molecule has 114 valence electrons. The molecule has 0 amide bonds. The lowest BCUT2D eigenvalue weighted by Crippen LogP contribution is -2.46. The van der Waals surface area contributed by atoms with Crippen molar-refractivity contribution in [1.82, 2.24) is 14.9 Å². The molecular weight excluding hydrogens is 290 g/mol. The fraction of sp³-hybridized carbons (Fsp3) is 0.500. The lowest BCUT2D eigenvalue weighted by molar-refractivity contribution is 0.415. The van der Waals surface area contributed by atoms with Crippen molar-refractivity contribution in [3.63, 3.8) is 0 Å². The first-order valence-electron chi connectivity index (χ1n) is 6.92. The first kappa shape index (κ1) is 14.3. The fourth-order valence-electron chi connectivity index (χ4n) is 2.76. The van der Waals surface area contributed by atoms with E-state index in [1.54, 1.807) is 7.11 Å². The van der Waals surface area contributed by atoms with Gasteiger partial charge in [0.15, 0.2) is 9.84 Å². The lowest BCUT2D eigenvalue weighted by atomic mass is 10.2. The Morgan fingerprint density at radius 2 is 2.29 bits per heavy atom. The number of aryl methyl sites for hydroxylation is 1. The number of hydrogen-bond donors (Lipinski definition) is 1. The summed E-state index contributed by atoms with van der Waals surface area (Å²) in [5, 5.41) is 3.26. The van der Waals surface area contributed by atoms with Crippen LogP contribution in [0.25, 0.3) is 11.0 Å². The molecule has 1 N–H and O–H groups in total. The molecule has 1 saturated heterocycles. The topological polar surface area (TPSA) is 73.2 Å². The van der Waals surface area contributed by atoms with Gasteiger partial charge in [0.05, 0.1) is 29.6 Å². The van der Waals surface area contributed by atoms with Gasteiger partial charge in [-0.3, -0.25) is 0 Å².